The molecule has 0 bridgehead atoms. The molecule has 90 valence electrons. The summed E-state index contributed by atoms with van der Waals surface area (Å²) in [5, 5.41) is 0. The number of benzene rings is 1. The molecule has 17 heavy (non-hydrogen) atoms. The molecule has 0 unspecified atom stereocenters. The molecule has 2 aromatic rings. The van der Waals surface area contributed by atoms with Crippen LogP contribution in [0, 0.1) is 20.8 Å². The van der Waals surface area contributed by atoms with E-state index in [-0.39, 0.29) is 6.01 Å². The van der Waals surface area contributed by atoms with Crippen molar-refractivity contribution in [1.82, 2.24) is 4.98 Å². The Labute approximate surface area is 100 Å². The van der Waals surface area contributed by atoms with Crippen molar-refractivity contribution in [3.8, 4) is 17.1 Å². The predicted octanol–water partition coefficient (Wildman–Crippen LogP) is 2.86. The summed E-state index contributed by atoms with van der Waals surface area (Å²) < 4.78 is 10.7. The third kappa shape index (κ3) is 1.98. The summed E-state index contributed by atoms with van der Waals surface area (Å²) in [5.41, 5.74) is 9.45. The number of oxazole rings is 1. The second kappa shape index (κ2) is 4.13. The highest BCUT2D eigenvalue weighted by atomic mass is 16.5. The molecule has 1 heterocycles. The first-order chi connectivity index (χ1) is 8.02. The maximum Gasteiger partial charge on any atom is 0.292 e. The van der Waals surface area contributed by atoms with Crippen molar-refractivity contribution in [2.45, 2.75) is 20.8 Å². The van der Waals surface area contributed by atoms with E-state index in [4.69, 9.17) is 14.9 Å². The zero-order valence-corrected chi connectivity index (χ0v) is 10.5. The number of methoxy groups -OCH3 is 1. The number of nitrogen functional groups attached to an aromatic ring is 1. The molecule has 0 fully saturated rings. The molecule has 0 aliphatic rings. The summed E-state index contributed by atoms with van der Waals surface area (Å²) in [5.74, 6) is 1.62. The van der Waals surface area contributed by atoms with Crippen molar-refractivity contribution in [1.29, 1.82) is 0 Å². The molecule has 4 nitrogen and oxygen atoms in total. The molecule has 1 aromatic carbocycles. The molecule has 0 saturated carbocycles. The molecule has 0 spiro atoms. The lowest BCUT2D eigenvalue weighted by Gasteiger charge is -2.10. The van der Waals surface area contributed by atoms with Crippen LogP contribution in [-0.4, -0.2) is 12.1 Å². The maximum atomic E-state index is 5.55. The number of aryl methyl sites for hydroxylation is 3. The van der Waals surface area contributed by atoms with Crippen molar-refractivity contribution in [2.24, 2.45) is 0 Å². The van der Waals surface area contributed by atoms with Gasteiger partial charge < -0.3 is 14.9 Å². The summed E-state index contributed by atoms with van der Waals surface area (Å²) in [6.07, 6.45) is 0. The van der Waals surface area contributed by atoms with E-state index in [0.29, 0.717) is 0 Å². The van der Waals surface area contributed by atoms with Gasteiger partial charge in [-0.15, -0.1) is 0 Å². The molecule has 2 N–H and O–H groups in total. The summed E-state index contributed by atoms with van der Waals surface area (Å²) in [7, 11) is 1.67. The molecular weight excluding hydrogens is 216 g/mol. The normalized spacial score (nSPS) is 10.6. The highest BCUT2D eigenvalue weighted by Gasteiger charge is 2.13. The number of aromatic nitrogens is 1. The zero-order chi connectivity index (χ0) is 12.6. The van der Waals surface area contributed by atoms with Crippen LogP contribution in [-0.2, 0) is 0 Å². The summed E-state index contributed by atoms with van der Waals surface area (Å²) in [6, 6.07) is 4.22. The molecule has 0 amide bonds. The number of nitrogens with two attached hydrogens (primary N) is 1. The molecule has 2 rings (SSSR count). The van der Waals surface area contributed by atoms with Crippen molar-refractivity contribution < 1.29 is 9.15 Å². The first kappa shape index (κ1) is 11.5. The Morgan fingerprint density at radius 2 is 1.76 bits per heavy atom. The quantitative estimate of drug-likeness (QED) is 0.864. The van der Waals surface area contributed by atoms with Crippen molar-refractivity contribution >= 4 is 6.01 Å². The Morgan fingerprint density at radius 1 is 1.18 bits per heavy atom. The summed E-state index contributed by atoms with van der Waals surface area (Å²) >= 11 is 0. The average Bonchev–Trinajstić information content (AvgIpc) is 2.57. The van der Waals surface area contributed by atoms with Crippen LogP contribution >= 0.6 is 0 Å². The van der Waals surface area contributed by atoms with Crippen LogP contribution in [0.15, 0.2) is 16.5 Å². The lowest BCUT2D eigenvalue weighted by Crippen LogP contribution is -1.92. The largest absolute Gasteiger partial charge is 0.496 e. The molecule has 0 atom stereocenters. The average molecular weight is 232 g/mol. The van der Waals surface area contributed by atoms with E-state index in [2.05, 4.69) is 4.98 Å². The van der Waals surface area contributed by atoms with Gasteiger partial charge in [0.05, 0.1) is 12.8 Å². The van der Waals surface area contributed by atoms with E-state index in [1.165, 1.54) is 0 Å². The number of hydrogen-bond acceptors (Lipinski definition) is 4. The molecule has 4 heteroatoms. The molecule has 0 radical (unpaired) electrons. The zero-order valence-electron chi connectivity index (χ0n) is 10.5. The third-order valence-electron chi connectivity index (χ3n) is 2.74. The monoisotopic (exact) mass is 232 g/mol. The Bertz CT molecular complexity index is 536. The predicted molar refractivity (Wildman–Crippen MR) is 67.1 cm³/mol. The van der Waals surface area contributed by atoms with Crippen molar-refractivity contribution in [2.75, 3.05) is 12.8 Å². The van der Waals surface area contributed by atoms with Gasteiger partial charge in [-0.25, -0.2) is 0 Å². The van der Waals surface area contributed by atoms with Gasteiger partial charge in [-0.05, 0) is 44.0 Å². The van der Waals surface area contributed by atoms with Gasteiger partial charge in [-0.2, -0.15) is 4.98 Å². The van der Waals surface area contributed by atoms with Crippen LogP contribution in [0.25, 0.3) is 11.3 Å². The highest BCUT2D eigenvalue weighted by Crippen LogP contribution is 2.32. The summed E-state index contributed by atoms with van der Waals surface area (Å²) in [4.78, 5) is 4.07. The lowest BCUT2D eigenvalue weighted by molar-refractivity contribution is 0.408. The van der Waals surface area contributed by atoms with E-state index in [0.717, 1.165) is 33.9 Å². The van der Waals surface area contributed by atoms with Crippen LogP contribution in [0.2, 0.25) is 0 Å². The van der Waals surface area contributed by atoms with E-state index in [1.54, 1.807) is 7.11 Å². The number of nitrogens with zero attached hydrogens (tertiary/aromatic N) is 1. The first-order valence-corrected chi connectivity index (χ1v) is 5.41. The Balaban J connectivity index is 2.58. The molecule has 0 saturated heterocycles. The number of ether oxygens (including phenoxy) is 1. The minimum absolute atomic E-state index is 0.198. The highest BCUT2D eigenvalue weighted by molar-refractivity contribution is 5.65. The fourth-order valence-electron chi connectivity index (χ4n) is 2.09. The lowest BCUT2D eigenvalue weighted by atomic mass is 10.0. The van der Waals surface area contributed by atoms with Crippen LogP contribution in [0.4, 0.5) is 6.01 Å². The molecule has 1 aromatic heterocycles. The number of hydrogen-bond donors (Lipinski definition) is 1. The number of rotatable bonds is 2. The Hall–Kier alpha value is -1.97. The van der Waals surface area contributed by atoms with Crippen LogP contribution in [0.3, 0.4) is 0 Å². The van der Waals surface area contributed by atoms with Crippen LogP contribution in [0.1, 0.15) is 16.8 Å². The van der Waals surface area contributed by atoms with Gasteiger partial charge in [-0.3, -0.25) is 0 Å². The van der Waals surface area contributed by atoms with Crippen molar-refractivity contribution in [3.05, 3.63) is 29.0 Å². The smallest absolute Gasteiger partial charge is 0.292 e. The maximum absolute atomic E-state index is 5.55. The van der Waals surface area contributed by atoms with Gasteiger partial charge in [0, 0.05) is 5.56 Å². The van der Waals surface area contributed by atoms with Gasteiger partial charge in [0.2, 0.25) is 0 Å². The fraction of sp³-hybridized carbons (Fsp3) is 0.308. The SMILES string of the molecule is COc1c(C)cc(-c2oc(N)nc2C)cc1C. The van der Waals surface area contributed by atoms with Gasteiger partial charge in [0.1, 0.15) is 5.75 Å². The van der Waals surface area contributed by atoms with E-state index in [1.807, 2.05) is 32.9 Å². The topological polar surface area (TPSA) is 61.3 Å². The van der Waals surface area contributed by atoms with Crippen LogP contribution < -0.4 is 10.5 Å². The van der Waals surface area contributed by atoms with Gasteiger partial charge in [-0.1, -0.05) is 0 Å². The Morgan fingerprint density at radius 3 is 2.18 bits per heavy atom. The standard InChI is InChI=1S/C13H16N2O2/c1-7-5-10(6-8(2)11(7)16-4)12-9(3)15-13(14)17-12/h5-6H,1-4H3,(H2,14,15). The van der Waals surface area contributed by atoms with Gasteiger partial charge >= 0.3 is 0 Å². The fourth-order valence-corrected chi connectivity index (χ4v) is 2.09. The van der Waals surface area contributed by atoms with E-state index >= 15 is 0 Å². The Kier molecular flexibility index (Phi) is 2.79. The second-order valence-electron chi connectivity index (χ2n) is 4.11. The number of anilines is 1. The molecule has 0 aliphatic heterocycles. The molecular formula is C13H16N2O2. The van der Waals surface area contributed by atoms with Gasteiger partial charge in [0.15, 0.2) is 5.76 Å². The summed E-state index contributed by atoms with van der Waals surface area (Å²) in [6.45, 7) is 5.89. The minimum atomic E-state index is 0.198. The second-order valence-corrected chi connectivity index (χ2v) is 4.11. The van der Waals surface area contributed by atoms with Crippen LogP contribution in [0.5, 0.6) is 5.75 Å². The molecule has 0 aliphatic carbocycles. The third-order valence-corrected chi connectivity index (χ3v) is 2.74. The van der Waals surface area contributed by atoms with E-state index in [9.17, 15) is 0 Å². The van der Waals surface area contributed by atoms with E-state index < -0.39 is 0 Å². The first-order valence-electron chi connectivity index (χ1n) is 5.41. The van der Waals surface area contributed by atoms with Gasteiger partial charge in [0.25, 0.3) is 6.01 Å². The minimum Gasteiger partial charge on any atom is -0.496 e. The van der Waals surface area contributed by atoms with Crippen molar-refractivity contribution in [3.63, 3.8) is 0 Å².